The lowest BCUT2D eigenvalue weighted by Gasteiger charge is -2.34. The lowest BCUT2D eigenvalue weighted by molar-refractivity contribution is -0.142. The van der Waals surface area contributed by atoms with Crippen LogP contribution in [0.2, 0.25) is 0 Å². The zero-order chi connectivity index (χ0) is 15.3. The van der Waals surface area contributed by atoms with Gasteiger partial charge in [0.2, 0.25) is 0 Å². The van der Waals surface area contributed by atoms with Crippen LogP contribution < -0.4 is 0 Å². The van der Waals surface area contributed by atoms with Crippen LogP contribution in [0, 0.1) is 28.6 Å². The summed E-state index contributed by atoms with van der Waals surface area (Å²) in [6, 6.07) is 0. The van der Waals surface area contributed by atoms with Gasteiger partial charge >= 0.3 is 5.97 Å². The Bertz CT molecular complexity index is 452. The van der Waals surface area contributed by atoms with E-state index in [4.69, 9.17) is 4.74 Å². The molecule has 0 heterocycles. The van der Waals surface area contributed by atoms with Crippen molar-refractivity contribution in [1.82, 2.24) is 0 Å². The van der Waals surface area contributed by atoms with Crippen molar-refractivity contribution in [1.29, 1.82) is 0 Å². The van der Waals surface area contributed by atoms with Gasteiger partial charge in [0.15, 0.2) is 0 Å². The molecule has 0 aromatic rings. The number of carbonyl (C=O) groups is 1. The maximum atomic E-state index is 11.4. The zero-order valence-electron chi connectivity index (χ0n) is 14.1. The van der Waals surface area contributed by atoms with Crippen LogP contribution in [0.25, 0.3) is 0 Å². The van der Waals surface area contributed by atoms with Crippen molar-refractivity contribution >= 4 is 5.97 Å². The molecule has 3 unspecified atom stereocenters. The predicted octanol–water partition coefficient (Wildman–Crippen LogP) is 4.74. The Morgan fingerprint density at radius 3 is 2.48 bits per heavy atom. The van der Waals surface area contributed by atoms with Crippen LogP contribution in [0.1, 0.15) is 66.2 Å². The van der Waals surface area contributed by atoms with E-state index in [0.29, 0.717) is 23.9 Å². The summed E-state index contributed by atoms with van der Waals surface area (Å²) in [4.78, 5) is 11.4. The molecule has 4 bridgehead atoms. The molecule has 0 aromatic carbocycles. The SMILES string of the molecule is CCCC(=O)OCC(C)=CCCC1(C)C2CC3C(C2)C31C. The van der Waals surface area contributed by atoms with Gasteiger partial charge in [-0.05, 0) is 73.2 Å². The van der Waals surface area contributed by atoms with E-state index in [-0.39, 0.29) is 5.97 Å². The second-order valence-electron chi connectivity index (χ2n) is 8.08. The lowest BCUT2D eigenvalue weighted by Crippen LogP contribution is -2.26. The third kappa shape index (κ3) is 2.17. The minimum absolute atomic E-state index is 0.0674. The van der Waals surface area contributed by atoms with Gasteiger partial charge in [-0.2, -0.15) is 0 Å². The van der Waals surface area contributed by atoms with E-state index in [1.54, 1.807) is 0 Å². The summed E-state index contributed by atoms with van der Waals surface area (Å²) in [6.45, 7) is 9.63. The average Bonchev–Trinajstić information content (AvgIpc) is 2.78. The molecular formula is C19H30O2. The second-order valence-corrected chi connectivity index (χ2v) is 8.08. The first kappa shape index (κ1) is 15.1. The van der Waals surface area contributed by atoms with Crippen LogP contribution in [0.4, 0.5) is 0 Å². The molecule has 0 aliphatic heterocycles. The molecule has 4 aliphatic carbocycles. The first-order chi connectivity index (χ1) is 9.93. The Balaban J connectivity index is 1.46. The standard InChI is InChI=1S/C19H30O2/c1-5-7-17(20)21-12-13(2)8-6-9-18(3)14-10-15-16(11-14)19(15,18)4/h8,14-16H,5-7,9-12H2,1-4H3. The number of hydrogen-bond donors (Lipinski definition) is 0. The average molecular weight is 290 g/mol. The summed E-state index contributed by atoms with van der Waals surface area (Å²) in [7, 11) is 0. The van der Waals surface area contributed by atoms with Gasteiger partial charge in [-0.3, -0.25) is 4.79 Å². The van der Waals surface area contributed by atoms with Gasteiger partial charge in [0.25, 0.3) is 0 Å². The van der Waals surface area contributed by atoms with E-state index in [9.17, 15) is 4.79 Å². The number of rotatable bonds is 7. The quantitative estimate of drug-likeness (QED) is 0.500. The molecule has 0 aromatic heterocycles. The first-order valence-electron chi connectivity index (χ1n) is 8.74. The molecule has 4 fully saturated rings. The van der Waals surface area contributed by atoms with E-state index in [0.717, 1.165) is 30.6 Å². The van der Waals surface area contributed by atoms with Crippen molar-refractivity contribution in [3.63, 3.8) is 0 Å². The van der Waals surface area contributed by atoms with Gasteiger partial charge in [-0.15, -0.1) is 0 Å². The Morgan fingerprint density at radius 2 is 1.95 bits per heavy atom. The van der Waals surface area contributed by atoms with Crippen molar-refractivity contribution in [2.45, 2.75) is 66.2 Å². The number of allylic oxidation sites excluding steroid dienone is 1. The molecule has 0 spiro atoms. The van der Waals surface area contributed by atoms with Crippen LogP contribution in [0.3, 0.4) is 0 Å². The van der Waals surface area contributed by atoms with E-state index in [2.05, 4.69) is 26.8 Å². The molecule has 21 heavy (non-hydrogen) atoms. The molecule has 4 saturated carbocycles. The minimum Gasteiger partial charge on any atom is -0.461 e. The first-order valence-corrected chi connectivity index (χ1v) is 8.74. The summed E-state index contributed by atoms with van der Waals surface area (Å²) in [5, 5.41) is 0. The molecule has 3 atom stereocenters. The third-order valence-electron chi connectivity index (χ3n) is 7.20. The molecule has 0 saturated heterocycles. The molecule has 2 nitrogen and oxygen atoms in total. The summed E-state index contributed by atoms with van der Waals surface area (Å²) >= 11 is 0. The fourth-order valence-electron chi connectivity index (χ4n) is 5.65. The summed E-state index contributed by atoms with van der Waals surface area (Å²) in [6.07, 6.45) is 9.13. The van der Waals surface area contributed by atoms with Crippen LogP contribution in [-0.4, -0.2) is 12.6 Å². The van der Waals surface area contributed by atoms with Gasteiger partial charge in [0, 0.05) is 6.42 Å². The van der Waals surface area contributed by atoms with E-state index in [1.165, 1.54) is 24.8 Å². The molecule has 4 rings (SSSR count). The monoisotopic (exact) mass is 290 g/mol. The van der Waals surface area contributed by atoms with Crippen molar-refractivity contribution in [3.8, 4) is 0 Å². The minimum atomic E-state index is -0.0674. The molecule has 4 aliphatic rings. The van der Waals surface area contributed by atoms with Gasteiger partial charge in [0.05, 0.1) is 0 Å². The Hall–Kier alpha value is -0.790. The largest absolute Gasteiger partial charge is 0.461 e. The Labute approximate surface area is 129 Å². The zero-order valence-corrected chi connectivity index (χ0v) is 14.1. The number of carbonyl (C=O) groups excluding carboxylic acids is 1. The predicted molar refractivity (Wildman–Crippen MR) is 84.8 cm³/mol. The third-order valence-corrected chi connectivity index (χ3v) is 7.20. The van der Waals surface area contributed by atoms with Gasteiger partial charge < -0.3 is 4.74 Å². The second kappa shape index (κ2) is 5.14. The van der Waals surface area contributed by atoms with Crippen LogP contribution in [0.15, 0.2) is 11.6 Å². The van der Waals surface area contributed by atoms with Crippen molar-refractivity contribution in [2.75, 3.05) is 6.61 Å². The smallest absolute Gasteiger partial charge is 0.306 e. The number of ether oxygens (including phenoxy) is 1. The lowest BCUT2D eigenvalue weighted by atomic mass is 9.71. The number of esters is 1. The Morgan fingerprint density at radius 1 is 1.29 bits per heavy atom. The van der Waals surface area contributed by atoms with Crippen LogP contribution in [-0.2, 0) is 9.53 Å². The highest BCUT2D eigenvalue weighted by atomic mass is 16.5. The van der Waals surface area contributed by atoms with Gasteiger partial charge in [-0.1, -0.05) is 26.8 Å². The van der Waals surface area contributed by atoms with Crippen molar-refractivity contribution < 1.29 is 9.53 Å². The molecule has 2 heteroatoms. The van der Waals surface area contributed by atoms with Crippen molar-refractivity contribution in [3.05, 3.63) is 11.6 Å². The molecule has 0 amide bonds. The molecule has 118 valence electrons. The molecular weight excluding hydrogens is 260 g/mol. The van der Waals surface area contributed by atoms with E-state index >= 15 is 0 Å². The maximum Gasteiger partial charge on any atom is 0.306 e. The topological polar surface area (TPSA) is 26.3 Å². The van der Waals surface area contributed by atoms with Crippen molar-refractivity contribution in [2.24, 2.45) is 28.6 Å². The van der Waals surface area contributed by atoms with Crippen LogP contribution >= 0.6 is 0 Å². The van der Waals surface area contributed by atoms with E-state index < -0.39 is 0 Å². The van der Waals surface area contributed by atoms with Gasteiger partial charge in [0.1, 0.15) is 6.61 Å². The summed E-state index contributed by atoms with van der Waals surface area (Å²) < 4.78 is 5.26. The fourth-order valence-corrected chi connectivity index (χ4v) is 5.65. The normalized spacial score (nSPS) is 43.2. The van der Waals surface area contributed by atoms with Gasteiger partial charge in [-0.25, -0.2) is 0 Å². The Kier molecular flexibility index (Phi) is 3.70. The maximum absolute atomic E-state index is 11.4. The summed E-state index contributed by atoms with van der Waals surface area (Å²) in [5.74, 6) is 3.01. The summed E-state index contributed by atoms with van der Waals surface area (Å²) in [5.41, 5.74) is 2.43. The molecule has 0 radical (unpaired) electrons. The number of hydrogen-bond acceptors (Lipinski definition) is 2. The highest BCUT2D eigenvalue weighted by Crippen LogP contribution is 2.87. The highest BCUT2D eigenvalue weighted by molar-refractivity contribution is 5.69. The highest BCUT2D eigenvalue weighted by Gasteiger charge is 2.80. The van der Waals surface area contributed by atoms with E-state index in [1.807, 2.05) is 6.92 Å². The molecule has 0 N–H and O–H groups in total. The fraction of sp³-hybridized carbons (Fsp3) is 0.842. The van der Waals surface area contributed by atoms with Crippen LogP contribution in [0.5, 0.6) is 0 Å².